The number of amides is 1. The summed E-state index contributed by atoms with van der Waals surface area (Å²) < 4.78 is 40.7. The fourth-order valence-electron chi connectivity index (χ4n) is 2.57. The van der Waals surface area contributed by atoms with E-state index in [1.807, 2.05) is 38.1 Å². The van der Waals surface area contributed by atoms with Crippen molar-refractivity contribution in [2.24, 2.45) is 0 Å². The van der Waals surface area contributed by atoms with Crippen LogP contribution in [-0.4, -0.2) is 39.4 Å². The molecule has 0 fully saturated rings. The SMILES string of the molecule is Cc1ccc(NC(=O)[C@H](C)NS(=O)(=O)c2ccccc2F)c(CN(C)C)c1. The van der Waals surface area contributed by atoms with Crippen molar-refractivity contribution in [1.29, 1.82) is 0 Å². The van der Waals surface area contributed by atoms with Gasteiger partial charge in [0.2, 0.25) is 15.9 Å². The maximum atomic E-state index is 13.8. The van der Waals surface area contributed by atoms with Crippen LogP contribution in [0.25, 0.3) is 0 Å². The van der Waals surface area contributed by atoms with E-state index in [0.717, 1.165) is 23.3 Å². The van der Waals surface area contributed by atoms with Crippen LogP contribution in [0.3, 0.4) is 0 Å². The van der Waals surface area contributed by atoms with E-state index in [1.165, 1.54) is 19.1 Å². The molecule has 0 radical (unpaired) electrons. The summed E-state index contributed by atoms with van der Waals surface area (Å²) in [4.78, 5) is 14.0. The third-order valence-corrected chi connectivity index (χ3v) is 5.43. The van der Waals surface area contributed by atoms with E-state index in [0.29, 0.717) is 12.2 Å². The largest absolute Gasteiger partial charge is 0.324 e. The van der Waals surface area contributed by atoms with E-state index in [4.69, 9.17) is 0 Å². The van der Waals surface area contributed by atoms with Gasteiger partial charge in [0.25, 0.3) is 0 Å². The molecule has 0 aliphatic heterocycles. The summed E-state index contributed by atoms with van der Waals surface area (Å²) >= 11 is 0. The molecule has 146 valence electrons. The van der Waals surface area contributed by atoms with Gasteiger partial charge in [-0.15, -0.1) is 0 Å². The van der Waals surface area contributed by atoms with Crippen LogP contribution >= 0.6 is 0 Å². The molecule has 0 heterocycles. The summed E-state index contributed by atoms with van der Waals surface area (Å²) in [5.74, 6) is -1.40. The molecule has 6 nitrogen and oxygen atoms in total. The van der Waals surface area contributed by atoms with Crippen LogP contribution in [0.5, 0.6) is 0 Å². The summed E-state index contributed by atoms with van der Waals surface area (Å²) in [7, 11) is -0.326. The molecule has 0 spiro atoms. The molecule has 0 aliphatic rings. The molecule has 0 saturated carbocycles. The highest BCUT2D eigenvalue weighted by Crippen LogP contribution is 2.19. The molecular formula is C19H24FN3O3S. The number of halogens is 1. The Morgan fingerprint density at radius 1 is 1.19 bits per heavy atom. The van der Waals surface area contributed by atoms with Crippen molar-refractivity contribution in [2.45, 2.75) is 31.3 Å². The topological polar surface area (TPSA) is 78.5 Å². The van der Waals surface area contributed by atoms with Crippen LogP contribution < -0.4 is 10.0 Å². The molecule has 0 unspecified atom stereocenters. The number of benzene rings is 2. The predicted molar refractivity (Wildman–Crippen MR) is 103 cm³/mol. The quantitative estimate of drug-likeness (QED) is 0.758. The number of nitrogens with zero attached hydrogens (tertiary/aromatic N) is 1. The smallest absolute Gasteiger partial charge is 0.244 e. The van der Waals surface area contributed by atoms with E-state index >= 15 is 0 Å². The predicted octanol–water partition coefficient (Wildman–Crippen LogP) is 2.50. The Labute approximate surface area is 159 Å². The second-order valence-corrected chi connectivity index (χ2v) is 8.34. The van der Waals surface area contributed by atoms with Gasteiger partial charge in [-0.3, -0.25) is 4.79 Å². The number of rotatable bonds is 7. The maximum absolute atomic E-state index is 13.8. The number of hydrogen-bond donors (Lipinski definition) is 2. The van der Waals surface area contributed by atoms with Crippen LogP contribution in [0.1, 0.15) is 18.1 Å². The van der Waals surface area contributed by atoms with Crippen molar-refractivity contribution < 1.29 is 17.6 Å². The molecule has 2 aromatic carbocycles. The average molecular weight is 393 g/mol. The van der Waals surface area contributed by atoms with Gasteiger partial charge >= 0.3 is 0 Å². The van der Waals surface area contributed by atoms with Gasteiger partial charge in [-0.05, 0) is 51.7 Å². The summed E-state index contributed by atoms with van der Waals surface area (Å²) in [5, 5.41) is 2.75. The van der Waals surface area contributed by atoms with E-state index < -0.39 is 32.7 Å². The molecule has 1 atom stereocenters. The normalized spacial score (nSPS) is 12.8. The molecule has 0 saturated heterocycles. The standard InChI is InChI=1S/C19H24FN3O3S/c1-13-9-10-17(15(11-13)12-23(3)4)21-19(24)14(2)22-27(25,26)18-8-6-5-7-16(18)20/h5-11,14,22H,12H2,1-4H3,(H,21,24)/t14-/m0/s1. The Bertz CT molecular complexity index is 930. The molecule has 1 amide bonds. The third kappa shape index (κ3) is 5.59. The van der Waals surface area contributed by atoms with Gasteiger partial charge in [0.05, 0.1) is 6.04 Å². The molecule has 2 aromatic rings. The Morgan fingerprint density at radius 2 is 1.85 bits per heavy atom. The second-order valence-electron chi connectivity index (χ2n) is 6.66. The van der Waals surface area contributed by atoms with Crippen LogP contribution in [-0.2, 0) is 21.4 Å². The summed E-state index contributed by atoms with van der Waals surface area (Å²) in [6.07, 6.45) is 0. The highest BCUT2D eigenvalue weighted by atomic mass is 32.2. The molecule has 2 N–H and O–H groups in total. The zero-order valence-corrected chi connectivity index (χ0v) is 16.6. The first-order valence-electron chi connectivity index (χ1n) is 8.42. The van der Waals surface area contributed by atoms with Gasteiger partial charge in [-0.2, -0.15) is 4.72 Å². The highest BCUT2D eigenvalue weighted by Gasteiger charge is 2.24. The van der Waals surface area contributed by atoms with Gasteiger partial charge in [0, 0.05) is 12.2 Å². The first kappa shape index (κ1) is 21.0. The lowest BCUT2D eigenvalue weighted by atomic mass is 10.1. The zero-order valence-electron chi connectivity index (χ0n) is 15.8. The molecular weight excluding hydrogens is 369 g/mol. The van der Waals surface area contributed by atoms with E-state index in [1.54, 1.807) is 6.07 Å². The van der Waals surface area contributed by atoms with E-state index in [2.05, 4.69) is 10.0 Å². The van der Waals surface area contributed by atoms with Crippen molar-refractivity contribution in [3.8, 4) is 0 Å². The van der Waals surface area contributed by atoms with Crippen molar-refractivity contribution >= 4 is 21.6 Å². The lowest BCUT2D eigenvalue weighted by molar-refractivity contribution is -0.117. The minimum atomic E-state index is -4.16. The van der Waals surface area contributed by atoms with Crippen LogP contribution in [0.4, 0.5) is 10.1 Å². The van der Waals surface area contributed by atoms with Gasteiger partial charge in [0.15, 0.2) is 0 Å². The number of carbonyl (C=O) groups is 1. The Balaban J connectivity index is 2.16. The zero-order chi connectivity index (χ0) is 20.2. The number of sulfonamides is 1. The Morgan fingerprint density at radius 3 is 2.48 bits per heavy atom. The van der Waals surface area contributed by atoms with Crippen molar-refractivity contribution in [3.63, 3.8) is 0 Å². The fourth-order valence-corrected chi connectivity index (χ4v) is 3.85. The lowest BCUT2D eigenvalue weighted by Crippen LogP contribution is -2.41. The van der Waals surface area contributed by atoms with E-state index in [-0.39, 0.29) is 0 Å². The summed E-state index contributed by atoms with van der Waals surface area (Å²) in [6.45, 7) is 3.98. The fraction of sp³-hybridized carbons (Fsp3) is 0.316. The van der Waals surface area contributed by atoms with Gasteiger partial charge in [-0.25, -0.2) is 12.8 Å². The van der Waals surface area contributed by atoms with E-state index in [9.17, 15) is 17.6 Å². The maximum Gasteiger partial charge on any atom is 0.244 e. The van der Waals surface area contributed by atoms with Gasteiger partial charge < -0.3 is 10.2 Å². The highest BCUT2D eigenvalue weighted by molar-refractivity contribution is 7.89. The first-order valence-corrected chi connectivity index (χ1v) is 9.90. The molecule has 0 bridgehead atoms. The van der Waals surface area contributed by atoms with Gasteiger partial charge in [0.1, 0.15) is 10.7 Å². The summed E-state index contributed by atoms with van der Waals surface area (Å²) in [5.41, 5.74) is 2.58. The molecule has 27 heavy (non-hydrogen) atoms. The molecule has 2 rings (SSSR count). The number of aryl methyl sites for hydroxylation is 1. The minimum absolute atomic E-state index is 0.492. The minimum Gasteiger partial charge on any atom is -0.324 e. The van der Waals surface area contributed by atoms with Crippen LogP contribution in [0.15, 0.2) is 47.4 Å². The molecule has 8 heteroatoms. The Kier molecular flexibility index (Phi) is 6.69. The van der Waals surface area contributed by atoms with Crippen molar-refractivity contribution in [2.75, 3.05) is 19.4 Å². The number of anilines is 1. The van der Waals surface area contributed by atoms with Crippen LogP contribution in [0, 0.1) is 12.7 Å². The Hall–Kier alpha value is -2.29. The number of nitrogens with one attached hydrogen (secondary N) is 2. The number of carbonyl (C=O) groups excluding carboxylic acids is 1. The van der Waals surface area contributed by atoms with Crippen molar-refractivity contribution in [1.82, 2.24) is 9.62 Å². The van der Waals surface area contributed by atoms with Gasteiger partial charge in [-0.1, -0.05) is 29.8 Å². The number of hydrogen-bond acceptors (Lipinski definition) is 4. The monoisotopic (exact) mass is 393 g/mol. The average Bonchev–Trinajstić information content (AvgIpc) is 2.56. The van der Waals surface area contributed by atoms with Crippen LogP contribution in [0.2, 0.25) is 0 Å². The molecule has 0 aromatic heterocycles. The van der Waals surface area contributed by atoms with Crippen molar-refractivity contribution in [3.05, 3.63) is 59.4 Å². The summed E-state index contributed by atoms with van der Waals surface area (Å²) in [6, 6.07) is 9.55. The second kappa shape index (κ2) is 8.60. The lowest BCUT2D eigenvalue weighted by Gasteiger charge is -2.18. The first-order chi connectivity index (χ1) is 12.6. The molecule has 0 aliphatic carbocycles. The third-order valence-electron chi connectivity index (χ3n) is 3.86.